The lowest BCUT2D eigenvalue weighted by Gasteiger charge is -2.08. The number of benzene rings is 2. The van der Waals surface area contributed by atoms with Crippen molar-refractivity contribution in [2.45, 2.75) is 0 Å². The van der Waals surface area contributed by atoms with E-state index in [-0.39, 0.29) is 11.0 Å². The molecule has 0 spiro atoms. The molecule has 0 unspecified atom stereocenters. The van der Waals surface area contributed by atoms with Gasteiger partial charge in [-0.15, -0.1) is 0 Å². The van der Waals surface area contributed by atoms with Crippen LogP contribution < -0.4 is 10.6 Å². The fraction of sp³-hybridized carbons (Fsp3) is 0. The van der Waals surface area contributed by atoms with Crippen molar-refractivity contribution in [2.75, 3.05) is 5.32 Å². The normalized spacial score (nSPS) is 11.0. The van der Waals surface area contributed by atoms with E-state index in [2.05, 4.69) is 20.6 Å². The van der Waals surface area contributed by atoms with E-state index >= 15 is 0 Å². The van der Waals surface area contributed by atoms with Crippen LogP contribution in [-0.2, 0) is 4.79 Å². The third kappa shape index (κ3) is 4.89. The van der Waals surface area contributed by atoms with Crippen LogP contribution in [0.4, 0.5) is 5.69 Å². The zero-order valence-corrected chi connectivity index (χ0v) is 17.1. The highest BCUT2D eigenvalue weighted by atomic mass is 35.5. The Labute approximate surface area is 182 Å². The lowest BCUT2D eigenvalue weighted by atomic mass is 10.2. The number of fused-ring (bicyclic) bond motifs is 1. The number of halogens is 1. The number of anilines is 1. The first-order valence-electron chi connectivity index (χ1n) is 8.94. The smallest absolute Gasteiger partial charge is 0.250 e. The summed E-state index contributed by atoms with van der Waals surface area (Å²) in [5.74, 6) is 0.150. The number of hydrogen-bond donors (Lipinski definition) is 2. The molecule has 0 saturated carbocycles. The monoisotopic (exact) mass is 434 g/mol. The van der Waals surface area contributed by atoms with Gasteiger partial charge in [-0.1, -0.05) is 23.7 Å². The largest absolute Gasteiger partial charge is 0.434 e. The van der Waals surface area contributed by atoms with Gasteiger partial charge in [0.15, 0.2) is 16.3 Å². The van der Waals surface area contributed by atoms with E-state index in [1.807, 2.05) is 42.5 Å². The first-order chi connectivity index (χ1) is 14.6. The van der Waals surface area contributed by atoms with Crippen molar-refractivity contribution in [2.24, 2.45) is 0 Å². The number of carbonyl (C=O) groups is 1. The maximum atomic E-state index is 12.0. The molecule has 0 aliphatic rings. The Morgan fingerprint density at radius 2 is 1.83 bits per heavy atom. The van der Waals surface area contributed by atoms with Gasteiger partial charge in [-0.2, -0.15) is 4.98 Å². The van der Waals surface area contributed by atoms with Crippen molar-refractivity contribution in [1.29, 1.82) is 0 Å². The molecule has 2 heterocycles. The van der Waals surface area contributed by atoms with Crippen LogP contribution in [0.5, 0.6) is 0 Å². The van der Waals surface area contributed by atoms with Crippen molar-refractivity contribution < 1.29 is 9.21 Å². The lowest BCUT2D eigenvalue weighted by molar-refractivity contribution is -0.115. The number of amides is 1. The highest BCUT2D eigenvalue weighted by Crippen LogP contribution is 2.24. The Balaban J connectivity index is 1.35. The number of nitrogens with zero attached hydrogens (tertiary/aromatic N) is 2. The molecule has 0 fully saturated rings. The Kier molecular flexibility index (Phi) is 5.83. The van der Waals surface area contributed by atoms with Gasteiger partial charge in [-0.3, -0.25) is 10.1 Å². The molecule has 4 rings (SSSR count). The van der Waals surface area contributed by atoms with Crippen LogP contribution >= 0.6 is 23.8 Å². The van der Waals surface area contributed by atoms with Crippen molar-refractivity contribution in [3.8, 4) is 11.5 Å². The number of nitrogens with one attached hydrogen (secondary N) is 2. The molecule has 0 aliphatic heterocycles. The number of thiocarbonyl (C=S) groups is 1. The molecule has 30 heavy (non-hydrogen) atoms. The quantitative estimate of drug-likeness (QED) is 0.345. The van der Waals surface area contributed by atoms with Crippen molar-refractivity contribution >= 4 is 57.8 Å². The average Bonchev–Trinajstić information content (AvgIpc) is 3.18. The van der Waals surface area contributed by atoms with Gasteiger partial charge in [0.2, 0.25) is 11.8 Å². The number of aromatic nitrogens is 2. The minimum Gasteiger partial charge on any atom is -0.434 e. The zero-order chi connectivity index (χ0) is 20.9. The Bertz CT molecular complexity index is 1200. The third-order valence-electron chi connectivity index (χ3n) is 4.09. The molecule has 6 nitrogen and oxygen atoms in total. The highest BCUT2D eigenvalue weighted by Gasteiger charge is 2.09. The number of oxazole rings is 1. The summed E-state index contributed by atoms with van der Waals surface area (Å²) < 4.78 is 5.71. The van der Waals surface area contributed by atoms with Gasteiger partial charge in [-0.25, -0.2) is 4.98 Å². The van der Waals surface area contributed by atoms with Crippen LogP contribution in [0.25, 0.3) is 28.8 Å². The first kappa shape index (κ1) is 19.8. The predicted octanol–water partition coefficient (Wildman–Crippen LogP) is 5.07. The standard InChI is InChI=1S/C22H15ClN4O2S/c23-16-8-3-14(4-9-16)5-12-19(28)26-22(30)25-17-10-6-15(7-11-17)21-27-20-18(29-21)2-1-13-24-20/h1-13H,(H2,25,26,28,30)/b12-5+. The molecule has 0 aliphatic carbocycles. The van der Waals surface area contributed by atoms with E-state index in [0.29, 0.717) is 22.1 Å². The minimum absolute atomic E-state index is 0.194. The number of rotatable bonds is 4. The third-order valence-corrected chi connectivity index (χ3v) is 4.54. The SMILES string of the molecule is O=C(/C=C/c1ccc(Cl)cc1)NC(=S)Nc1ccc(-c2nc3ncccc3o2)cc1. The van der Waals surface area contributed by atoms with E-state index in [1.54, 1.807) is 30.5 Å². The summed E-state index contributed by atoms with van der Waals surface area (Å²) in [6.07, 6.45) is 4.75. The molecule has 4 aromatic rings. The molecule has 2 aromatic heterocycles. The topological polar surface area (TPSA) is 80.0 Å². The highest BCUT2D eigenvalue weighted by molar-refractivity contribution is 7.80. The zero-order valence-electron chi connectivity index (χ0n) is 15.5. The summed E-state index contributed by atoms with van der Waals surface area (Å²) >= 11 is 11.0. The number of hydrogen-bond acceptors (Lipinski definition) is 5. The van der Waals surface area contributed by atoms with Crippen LogP contribution in [0.3, 0.4) is 0 Å². The van der Waals surface area contributed by atoms with Gasteiger partial charge in [0.25, 0.3) is 0 Å². The maximum Gasteiger partial charge on any atom is 0.250 e. The Hall–Kier alpha value is -3.55. The minimum atomic E-state index is -0.335. The summed E-state index contributed by atoms with van der Waals surface area (Å²) in [4.78, 5) is 20.6. The van der Waals surface area contributed by atoms with Gasteiger partial charge in [0, 0.05) is 28.5 Å². The maximum absolute atomic E-state index is 12.0. The van der Waals surface area contributed by atoms with E-state index in [4.69, 9.17) is 28.2 Å². The molecular weight excluding hydrogens is 420 g/mol. The van der Waals surface area contributed by atoms with Gasteiger partial charge in [-0.05, 0) is 72.4 Å². The molecule has 148 valence electrons. The summed E-state index contributed by atoms with van der Waals surface area (Å²) in [5.41, 5.74) is 3.58. The fourth-order valence-corrected chi connectivity index (χ4v) is 2.99. The Morgan fingerprint density at radius 3 is 2.57 bits per heavy atom. The lowest BCUT2D eigenvalue weighted by Crippen LogP contribution is -2.32. The van der Waals surface area contributed by atoms with Crippen molar-refractivity contribution in [3.05, 3.63) is 83.5 Å². The fourth-order valence-electron chi connectivity index (χ4n) is 2.65. The second kappa shape index (κ2) is 8.86. The molecule has 8 heteroatoms. The molecule has 0 bridgehead atoms. The predicted molar refractivity (Wildman–Crippen MR) is 122 cm³/mol. The van der Waals surface area contributed by atoms with E-state index < -0.39 is 0 Å². The summed E-state index contributed by atoms with van der Waals surface area (Å²) in [7, 11) is 0. The van der Waals surface area contributed by atoms with Gasteiger partial charge in [0.1, 0.15) is 0 Å². The van der Waals surface area contributed by atoms with Crippen LogP contribution in [0.15, 0.2) is 77.4 Å². The molecule has 0 radical (unpaired) electrons. The van der Waals surface area contributed by atoms with Gasteiger partial charge < -0.3 is 9.73 Å². The second-order valence-electron chi connectivity index (χ2n) is 6.25. The van der Waals surface area contributed by atoms with Crippen LogP contribution in [0.2, 0.25) is 5.02 Å². The number of carbonyl (C=O) groups excluding carboxylic acids is 1. The second-order valence-corrected chi connectivity index (χ2v) is 7.09. The van der Waals surface area contributed by atoms with Crippen LogP contribution in [0.1, 0.15) is 5.56 Å². The summed E-state index contributed by atoms with van der Waals surface area (Å²) in [6.45, 7) is 0. The average molecular weight is 435 g/mol. The van der Waals surface area contributed by atoms with Crippen LogP contribution in [0, 0.1) is 0 Å². The molecule has 2 aromatic carbocycles. The molecule has 1 amide bonds. The molecule has 0 atom stereocenters. The number of pyridine rings is 1. The van der Waals surface area contributed by atoms with Gasteiger partial charge in [0.05, 0.1) is 0 Å². The van der Waals surface area contributed by atoms with E-state index in [0.717, 1.165) is 16.8 Å². The van der Waals surface area contributed by atoms with Crippen molar-refractivity contribution in [1.82, 2.24) is 15.3 Å². The van der Waals surface area contributed by atoms with Crippen molar-refractivity contribution in [3.63, 3.8) is 0 Å². The summed E-state index contributed by atoms with van der Waals surface area (Å²) in [5, 5.41) is 6.41. The van der Waals surface area contributed by atoms with Crippen LogP contribution in [-0.4, -0.2) is 21.0 Å². The van der Waals surface area contributed by atoms with E-state index in [1.165, 1.54) is 6.08 Å². The van der Waals surface area contributed by atoms with Gasteiger partial charge >= 0.3 is 0 Å². The molecule has 0 saturated heterocycles. The molecule has 2 N–H and O–H groups in total. The Morgan fingerprint density at radius 1 is 1.07 bits per heavy atom. The molecular formula is C22H15ClN4O2S. The van der Waals surface area contributed by atoms with E-state index in [9.17, 15) is 4.79 Å². The first-order valence-corrected chi connectivity index (χ1v) is 9.73. The summed E-state index contributed by atoms with van der Waals surface area (Å²) in [6, 6.07) is 18.1.